The summed E-state index contributed by atoms with van der Waals surface area (Å²) in [7, 11) is 0. The molecule has 0 fully saturated rings. The highest BCUT2D eigenvalue weighted by Gasteiger charge is 2.09. The van der Waals surface area contributed by atoms with Crippen LogP contribution < -0.4 is 5.43 Å². The number of non-ortho nitro benzene ring substituents is 1. The fourth-order valence-corrected chi connectivity index (χ4v) is 1.82. The molecule has 2 aromatic rings. The summed E-state index contributed by atoms with van der Waals surface area (Å²) in [5.41, 5.74) is 4.17. The Hall–Kier alpha value is -3.22. The molecule has 112 valence electrons. The minimum Gasteiger partial charge on any atom is -0.478 e. The molecule has 0 aliphatic heterocycles. The number of hydrogen-bond acceptors (Lipinski definition) is 5. The van der Waals surface area contributed by atoms with Gasteiger partial charge < -0.3 is 5.11 Å². The molecule has 22 heavy (non-hydrogen) atoms. The number of rotatable bonds is 5. The number of nitrogens with zero attached hydrogens (tertiary/aromatic N) is 2. The Kier molecular flexibility index (Phi) is 4.47. The number of nitro benzene ring substituents is 1. The molecule has 0 aliphatic rings. The Labute approximate surface area is 126 Å². The number of para-hydroxylation sites is 1. The minimum absolute atomic E-state index is 0.0296. The average Bonchev–Trinajstić information content (AvgIpc) is 2.52. The maximum Gasteiger partial charge on any atom is 0.337 e. The van der Waals surface area contributed by atoms with E-state index < -0.39 is 10.9 Å². The van der Waals surface area contributed by atoms with Crippen LogP contribution in [0, 0.1) is 10.1 Å². The van der Waals surface area contributed by atoms with Gasteiger partial charge in [0.05, 0.1) is 21.9 Å². The Balaban J connectivity index is 2.25. The molecular weight excluding hydrogens is 286 g/mol. The highest BCUT2D eigenvalue weighted by molar-refractivity contribution is 6.00. The van der Waals surface area contributed by atoms with Crippen LogP contribution in [0.4, 0.5) is 11.4 Å². The van der Waals surface area contributed by atoms with Crippen LogP contribution >= 0.6 is 0 Å². The number of carboxylic acids is 1. The van der Waals surface area contributed by atoms with Gasteiger partial charge in [0.1, 0.15) is 0 Å². The molecule has 0 unspecified atom stereocenters. The Morgan fingerprint density at radius 3 is 2.64 bits per heavy atom. The summed E-state index contributed by atoms with van der Waals surface area (Å²) in [6.07, 6.45) is 0. The lowest BCUT2D eigenvalue weighted by Crippen LogP contribution is -2.05. The molecule has 0 amide bonds. The molecule has 0 heterocycles. The molecular formula is C15H13N3O4. The van der Waals surface area contributed by atoms with Gasteiger partial charge in [-0.15, -0.1) is 0 Å². The van der Waals surface area contributed by atoms with Crippen molar-refractivity contribution in [2.75, 3.05) is 5.43 Å². The largest absolute Gasteiger partial charge is 0.478 e. The topological polar surface area (TPSA) is 105 Å². The predicted molar refractivity (Wildman–Crippen MR) is 82.3 cm³/mol. The van der Waals surface area contributed by atoms with Gasteiger partial charge in [0.25, 0.3) is 5.69 Å². The Morgan fingerprint density at radius 2 is 1.95 bits per heavy atom. The van der Waals surface area contributed by atoms with Crippen LogP contribution in [0.5, 0.6) is 0 Å². The second-order valence-electron chi connectivity index (χ2n) is 4.47. The molecule has 0 spiro atoms. The Bertz CT molecular complexity index is 756. The van der Waals surface area contributed by atoms with Crippen LogP contribution in [-0.4, -0.2) is 21.7 Å². The van der Waals surface area contributed by atoms with Crippen LogP contribution in [0.15, 0.2) is 53.6 Å². The van der Waals surface area contributed by atoms with Crippen molar-refractivity contribution in [2.24, 2.45) is 5.10 Å². The molecule has 7 nitrogen and oxygen atoms in total. The first kappa shape index (κ1) is 15.2. The summed E-state index contributed by atoms with van der Waals surface area (Å²) in [6, 6.07) is 12.4. The predicted octanol–water partition coefficient (Wildman–Crippen LogP) is 3.13. The van der Waals surface area contributed by atoms with Crippen molar-refractivity contribution in [2.45, 2.75) is 6.92 Å². The number of carboxylic acid groups (broad SMARTS) is 1. The van der Waals surface area contributed by atoms with E-state index in [2.05, 4.69) is 10.5 Å². The van der Waals surface area contributed by atoms with Crippen molar-refractivity contribution >= 4 is 23.1 Å². The van der Waals surface area contributed by atoms with E-state index in [0.717, 1.165) is 0 Å². The van der Waals surface area contributed by atoms with Gasteiger partial charge in [0, 0.05) is 17.7 Å². The van der Waals surface area contributed by atoms with Crippen LogP contribution in [0.2, 0.25) is 0 Å². The number of hydrazone groups is 1. The van der Waals surface area contributed by atoms with Crippen LogP contribution in [-0.2, 0) is 0 Å². The third-order valence-electron chi connectivity index (χ3n) is 2.98. The lowest BCUT2D eigenvalue weighted by atomic mass is 10.1. The molecule has 2 rings (SSSR count). The van der Waals surface area contributed by atoms with E-state index in [1.54, 1.807) is 37.3 Å². The van der Waals surface area contributed by atoms with Gasteiger partial charge in [0.2, 0.25) is 0 Å². The van der Waals surface area contributed by atoms with Crippen molar-refractivity contribution in [1.82, 2.24) is 0 Å². The average molecular weight is 299 g/mol. The molecule has 0 radical (unpaired) electrons. The second-order valence-corrected chi connectivity index (χ2v) is 4.47. The van der Waals surface area contributed by atoms with Gasteiger partial charge in [-0.05, 0) is 19.1 Å². The van der Waals surface area contributed by atoms with E-state index in [4.69, 9.17) is 5.11 Å². The SMILES string of the molecule is C/C(=N\Nc1ccccc1C(=O)O)c1cccc([N+](=O)[O-])c1. The molecule has 0 aliphatic carbocycles. The smallest absolute Gasteiger partial charge is 0.337 e. The first-order chi connectivity index (χ1) is 10.5. The van der Waals surface area contributed by atoms with Crippen LogP contribution in [0.25, 0.3) is 0 Å². The molecule has 2 aromatic carbocycles. The van der Waals surface area contributed by atoms with Crippen molar-refractivity contribution < 1.29 is 14.8 Å². The molecule has 0 saturated heterocycles. The summed E-state index contributed by atoms with van der Waals surface area (Å²) in [5.74, 6) is -1.06. The highest BCUT2D eigenvalue weighted by Crippen LogP contribution is 2.16. The fourth-order valence-electron chi connectivity index (χ4n) is 1.82. The van der Waals surface area contributed by atoms with Crippen LogP contribution in [0.3, 0.4) is 0 Å². The van der Waals surface area contributed by atoms with Crippen LogP contribution in [0.1, 0.15) is 22.8 Å². The molecule has 0 bridgehead atoms. The van der Waals surface area contributed by atoms with Gasteiger partial charge in [-0.3, -0.25) is 15.5 Å². The summed E-state index contributed by atoms with van der Waals surface area (Å²) in [6.45, 7) is 1.68. The molecule has 0 aromatic heterocycles. The number of hydrogen-bond donors (Lipinski definition) is 2. The first-order valence-electron chi connectivity index (χ1n) is 6.36. The first-order valence-corrected chi connectivity index (χ1v) is 6.36. The van der Waals surface area contributed by atoms with Crippen molar-refractivity contribution in [3.8, 4) is 0 Å². The van der Waals surface area contributed by atoms with Crippen molar-refractivity contribution in [3.63, 3.8) is 0 Å². The molecule has 0 saturated carbocycles. The standard InChI is InChI=1S/C15H13N3O4/c1-10(11-5-4-6-12(9-11)18(21)22)16-17-14-8-3-2-7-13(14)15(19)20/h2-9,17H,1H3,(H,19,20)/b16-10+. The Morgan fingerprint density at radius 1 is 1.23 bits per heavy atom. The van der Waals surface area contributed by atoms with Crippen molar-refractivity contribution in [3.05, 3.63) is 69.8 Å². The van der Waals surface area contributed by atoms with Crippen molar-refractivity contribution in [1.29, 1.82) is 0 Å². The van der Waals surface area contributed by atoms with E-state index in [0.29, 0.717) is 17.0 Å². The monoisotopic (exact) mass is 299 g/mol. The number of carbonyl (C=O) groups is 1. The molecule has 7 heteroatoms. The second kappa shape index (κ2) is 6.49. The zero-order valence-corrected chi connectivity index (χ0v) is 11.7. The van der Waals surface area contributed by atoms with E-state index in [1.807, 2.05) is 0 Å². The third-order valence-corrected chi connectivity index (χ3v) is 2.98. The number of nitro groups is 1. The maximum absolute atomic E-state index is 11.1. The van der Waals surface area contributed by atoms with Gasteiger partial charge in [0.15, 0.2) is 0 Å². The summed E-state index contributed by atoms with van der Waals surface area (Å²) in [5, 5.41) is 23.9. The van der Waals surface area contributed by atoms with Gasteiger partial charge in [-0.25, -0.2) is 4.79 Å². The number of aromatic carboxylic acids is 1. The maximum atomic E-state index is 11.1. The quantitative estimate of drug-likeness (QED) is 0.501. The van der Waals surface area contributed by atoms with Gasteiger partial charge in [-0.1, -0.05) is 24.3 Å². The van der Waals surface area contributed by atoms with Gasteiger partial charge >= 0.3 is 5.97 Å². The summed E-state index contributed by atoms with van der Waals surface area (Å²) in [4.78, 5) is 21.4. The molecule has 0 atom stereocenters. The summed E-state index contributed by atoms with van der Waals surface area (Å²) >= 11 is 0. The van der Waals surface area contributed by atoms with E-state index >= 15 is 0 Å². The van der Waals surface area contributed by atoms with E-state index in [-0.39, 0.29) is 11.3 Å². The molecule has 2 N–H and O–H groups in total. The fraction of sp³-hybridized carbons (Fsp3) is 0.0667. The number of anilines is 1. The minimum atomic E-state index is -1.06. The summed E-state index contributed by atoms with van der Waals surface area (Å²) < 4.78 is 0. The lowest BCUT2D eigenvalue weighted by Gasteiger charge is -2.06. The normalized spacial score (nSPS) is 11.0. The van der Waals surface area contributed by atoms with Gasteiger partial charge in [-0.2, -0.15) is 5.10 Å². The number of nitrogens with one attached hydrogen (secondary N) is 1. The third kappa shape index (κ3) is 3.45. The zero-order chi connectivity index (χ0) is 16.1. The lowest BCUT2D eigenvalue weighted by molar-refractivity contribution is -0.384. The zero-order valence-electron chi connectivity index (χ0n) is 11.7. The number of benzene rings is 2. The van der Waals surface area contributed by atoms with E-state index in [1.165, 1.54) is 18.2 Å². The highest BCUT2D eigenvalue weighted by atomic mass is 16.6. The van der Waals surface area contributed by atoms with E-state index in [9.17, 15) is 14.9 Å².